The van der Waals surface area contributed by atoms with Gasteiger partial charge in [-0.2, -0.15) is 0 Å². The Kier molecular flexibility index (Phi) is 4.02. The molecule has 0 aliphatic heterocycles. The van der Waals surface area contributed by atoms with E-state index in [-0.39, 0.29) is 11.9 Å². The molecule has 2 N–H and O–H groups in total. The van der Waals surface area contributed by atoms with Crippen molar-refractivity contribution in [1.29, 1.82) is 0 Å². The molecule has 1 aromatic rings. The highest BCUT2D eigenvalue weighted by Crippen LogP contribution is 2.36. The van der Waals surface area contributed by atoms with Crippen LogP contribution in [0.15, 0.2) is 18.2 Å². The Morgan fingerprint density at radius 1 is 1.53 bits per heavy atom. The largest absolute Gasteiger partial charge is 0.329 e. The summed E-state index contributed by atoms with van der Waals surface area (Å²) in [6.45, 7) is 3.58. The van der Waals surface area contributed by atoms with Gasteiger partial charge in [-0.25, -0.2) is 4.39 Å². The zero-order valence-electron chi connectivity index (χ0n) is 10.00. The van der Waals surface area contributed by atoms with Crippen LogP contribution in [0.25, 0.3) is 0 Å². The number of nitrogens with zero attached hydrogens (tertiary/aromatic N) is 1. The highest BCUT2D eigenvalue weighted by atomic mass is 35.5. The standard InChI is InChI=1S/C13H18ClFN2/c1-2-17(10-4-5-10)13(8-16)11-6-3-9(15)7-12(11)14/h3,6-7,10,13H,2,4-5,8,16H2,1H3. The third kappa shape index (κ3) is 2.79. The van der Waals surface area contributed by atoms with E-state index in [4.69, 9.17) is 17.3 Å². The summed E-state index contributed by atoms with van der Waals surface area (Å²) in [7, 11) is 0. The van der Waals surface area contributed by atoms with Crippen LogP contribution >= 0.6 is 11.6 Å². The van der Waals surface area contributed by atoms with Crippen LogP contribution < -0.4 is 5.73 Å². The topological polar surface area (TPSA) is 29.3 Å². The van der Waals surface area contributed by atoms with E-state index in [1.54, 1.807) is 6.07 Å². The molecule has 1 fully saturated rings. The Labute approximate surface area is 107 Å². The molecule has 2 nitrogen and oxygen atoms in total. The van der Waals surface area contributed by atoms with E-state index in [9.17, 15) is 4.39 Å². The van der Waals surface area contributed by atoms with Gasteiger partial charge in [-0.05, 0) is 37.1 Å². The van der Waals surface area contributed by atoms with Crippen molar-refractivity contribution in [2.75, 3.05) is 13.1 Å². The summed E-state index contributed by atoms with van der Waals surface area (Å²) in [6, 6.07) is 5.28. The van der Waals surface area contributed by atoms with Gasteiger partial charge in [0.25, 0.3) is 0 Å². The molecular formula is C13H18ClFN2. The normalized spacial score (nSPS) is 17.5. The van der Waals surface area contributed by atoms with E-state index in [0.717, 1.165) is 12.1 Å². The number of hydrogen-bond donors (Lipinski definition) is 1. The molecular weight excluding hydrogens is 239 g/mol. The van der Waals surface area contributed by atoms with Crippen LogP contribution in [0.1, 0.15) is 31.4 Å². The first-order valence-corrected chi connectivity index (χ1v) is 6.46. The summed E-state index contributed by atoms with van der Waals surface area (Å²) in [4.78, 5) is 2.36. The number of nitrogens with two attached hydrogens (primary N) is 1. The summed E-state index contributed by atoms with van der Waals surface area (Å²) in [6.07, 6.45) is 2.45. The minimum Gasteiger partial charge on any atom is -0.329 e. The molecule has 0 heterocycles. The van der Waals surface area contributed by atoms with Crippen molar-refractivity contribution in [3.8, 4) is 0 Å². The van der Waals surface area contributed by atoms with Gasteiger partial charge >= 0.3 is 0 Å². The molecule has 4 heteroatoms. The van der Waals surface area contributed by atoms with Crippen LogP contribution in [0, 0.1) is 5.82 Å². The van der Waals surface area contributed by atoms with Crippen molar-refractivity contribution in [2.24, 2.45) is 5.73 Å². The quantitative estimate of drug-likeness (QED) is 0.878. The second-order valence-electron chi connectivity index (χ2n) is 4.48. The van der Waals surface area contributed by atoms with E-state index in [2.05, 4.69) is 11.8 Å². The molecule has 0 amide bonds. The lowest BCUT2D eigenvalue weighted by molar-refractivity contribution is 0.202. The van der Waals surface area contributed by atoms with E-state index in [1.165, 1.54) is 25.0 Å². The number of halogens is 2. The SMILES string of the molecule is CCN(C1CC1)C(CN)c1ccc(F)cc1Cl. The first-order valence-electron chi connectivity index (χ1n) is 6.08. The van der Waals surface area contributed by atoms with Crippen molar-refractivity contribution < 1.29 is 4.39 Å². The zero-order chi connectivity index (χ0) is 12.4. The van der Waals surface area contributed by atoms with Gasteiger partial charge in [-0.1, -0.05) is 24.6 Å². The van der Waals surface area contributed by atoms with Crippen molar-refractivity contribution >= 4 is 11.6 Å². The van der Waals surface area contributed by atoms with Crippen LogP contribution in [-0.2, 0) is 0 Å². The van der Waals surface area contributed by atoms with Gasteiger partial charge in [-0.15, -0.1) is 0 Å². The molecule has 0 radical (unpaired) electrons. The maximum atomic E-state index is 13.0. The Morgan fingerprint density at radius 2 is 2.24 bits per heavy atom. The van der Waals surface area contributed by atoms with Gasteiger partial charge in [0, 0.05) is 23.7 Å². The smallest absolute Gasteiger partial charge is 0.124 e. The van der Waals surface area contributed by atoms with Gasteiger partial charge in [-0.3, -0.25) is 4.90 Å². The average molecular weight is 257 g/mol. The molecule has 0 bridgehead atoms. The molecule has 94 valence electrons. The third-order valence-corrected chi connectivity index (χ3v) is 3.65. The molecule has 1 aliphatic carbocycles. The van der Waals surface area contributed by atoms with E-state index < -0.39 is 0 Å². The van der Waals surface area contributed by atoms with E-state index >= 15 is 0 Å². The van der Waals surface area contributed by atoms with Gasteiger partial charge < -0.3 is 5.73 Å². The summed E-state index contributed by atoms with van der Waals surface area (Å²) in [5, 5.41) is 0.472. The lowest BCUT2D eigenvalue weighted by Gasteiger charge is -2.30. The van der Waals surface area contributed by atoms with Gasteiger partial charge in [0.1, 0.15) is 5.82 Å². The zero-order valence-corrected chi connectivity index (χ0v) is 10.8. The van der Waals surface area contributed by atoms with Crippen molar-refractivity contribution in [3.63, 3.8) is 0 Å². The van der Waals surface area contributed by atoms with Crippen LogP contribution in [0.5, 0.6) is 0 Å². The van der Waals surface area contributed by atoms with E-state index in [0.29, 0.717) is 17.6 Å². The Bertz CT molecular complexity index is 393. The summed E-state index contributed by atoms with van der Waals surface area (Å²) < 4.78 is 13.0. The number of likely N-dealkylation sites (N-methyl/N-ethyl adjacent to an activating group) is 1. The molecule has 1 aromatic carbocycles. The van der Waals surface area contributed by atoms with Crippen LogP contribution in [0.3, 0.4) is 0 Å². The molecule has 2 rings (SSSR count). The molecule has 0 saturated heterocycles. The van der Waals surface area contributed by atoms with Crippen molar-refractivity contribution in [2.45, 2.75) is 31.8 Å². The number of rotatable bonds is 5. The maximum Gasteiger partial charge on any atom is 0.124 e. The molecule has 0 spiro atoms. The van der Waals surface area contributed by atoms with Crippen LogP contribution in [0.2, 0.25) is 5.02 Å². The molecule has 1 aliphatic rings. The monoisotopic (exact) mass is 256 g/mol. The minimum atomic E-state index is -0.302. The molecule has 1 atom stereocenters. The fourth-order valence-electron chi connectivity index (χ4n) is 2.35. The fraction of sp³-hybridized carbons (Fsp3) is 0.538. The summed E-state index contributed by atoms with van der Waals surface area (Å²) in [5.41, 5.74) is 6.79. The first kappa shape index (κ1) is 12.8. The Hall–Kier alpha value is -0.640. The van der Waals surface area contributed by atoms with Crippen molar-refractivity contribution in [1.82, 2.24) is 4.90 Å². The van der Waals surface area contributed by atoms with Crippen LogP contribution in [-0.4, -0.2) is 24.0 Å². The summed E-state index contributed by atoms with van der Waals surface area (Å²) >= 11 is 6.11. The second kappa shape index (κ2) is 5.34. The lowest BCUT2D eigenvalue weighted by Crippen LogP contribution is -2.35. The van der Waals surface area contributed by atoms with Gasteiger partial charge in [0.15, 0.2) is 0 Å². The predicted octanol–water partition coefficient (Wildman–Crippen LogP) is 2.96. The van der Waals surface area contributed by atoms with Crippen LogP contribution in [0.4, 0.5) is 4.39 Å². The highest BCUT2D eigenvalue weighted by molar-refractivity contribution is 6.31. The van der Waals surface area contributed by atoms with Crippen molar-refractivity contribution in [3.05, 3.63) is 34.6 Å². The van der Waals surface area contributed by atoms with Gasteiger partial charge in [0.05, 0.1) is 0 Å². The number of hydrogen-bond acceptors (Lipinski definition) is 2. The Balaban J connectivity index is 2.26. The number of benzene rings is 1. The lowest BCUT2D eigenvalue weighted by atomic mass is 10.0. The third-order valence-electron chi connectivity index (χ3n) is 3.33. The fourth-order valence-corrected chi connectivity index (χ4v) is 2.65. The molecule has 17 heavy (non-hydrogen) atoms. The molecule has 1 unspecified atom stereocenters. The summed E-state index contributed by atoms with van der Waals surface area (Å²) in [5.74, 6) is -0.302. The Morgan fingerprint density at radius 3 is 2.71 bits per heavy atom. The maximum absolute atomic E-state index is 13.0. The average Bonchev–Trinajstić information content (AvgIpc) is 3.11. The molecule has 0 aromatic heterocycles. The first-order chi connectivity index (χ1) is 8.17. The second-order valence-corrected chi connectivity index (χ2v) is 4.89. The van der Waals surface area contributed by atoms with Gasteiger partial charge in [0.2, 0.25) is 0 Å². The highest BCUT2D eigenvalue weighted by Gasteiger charge is 2.33. The molecule has 1 saturated carbocycles. The predicted molar refractivity (Wildman–Crippen MR) is 68.6 cm³/mol. The van der Waals surface area contributed by atoms with E-state index in [1.807, 2.05) is 0 Å². The minimum absolute atomic E-state index is 0.0978.